The minimum atomic E-state index is -0.206. The third-order valence-electron chi connectivity index (χ3n) is 3.25. The largest absolute Gasteiger partial charge is 0.351 e. The van der Waals surface area contributed by atoms with E-state index in [1.807, 2.05) is 0 Å². The van der Waals surface area contributed by atoms with Crippen molar-refractivity contribution in [3.8, 4) is 0 Å². The fourth-order valence-corrected chi connectivity index (χ4v) is 2.21. The van der Waals surface area contributed by atoms with E-state index in [4.69, 9.17) is 11.6 Å². The fourth-order valence-electron chi connectivity index (χ4n) is 1.81. The highest BCUT2D eigenvalue weighted by Gasteiger charge is 2.41. The van der Waals surface area contributed by atoms with Crippen molar-refractivity contribution < 1.29 is 4.79 Å². The van der Waals surface area contributed by atoms with Crippen LogP contribution in [0.4, 0.5) is 0 Å². The Morgan fingerprint density at radius 3 is 2.76 bits per heavy atom. The number of aromatic nitrogens is 1. The molecule has 1 aromatic rings. The van der Waals surface area contributed by atoms with E-state index in [1.165, 1.54) is 18.3 Å². The average molecular weight is 255 g/mol. The zero-order chi connectivity index (χ0) is 12.3. The van der Waals surface area contributed by atoms with Gasteiger partial charge >= 0.3 is 0 Å². The van der Waals surface area contributed by atoms with E-state index in [0.717, 1.165) is 19.3 Å². The maximum Gasteiger partial charge on any atom is 0.252 e. The molecule has 17 heavy (non-hydrogen) atoms. The van der Waals surface area contributed by atoms with E-state index in [-0.39, 0.29) is 16.9 Å². The number of alkyl halides is 1. The van der Waals surface area contributed by atoms with Gasteiger partial charge in [-0.3, -0.25) is 9.59 Å². The van der Waals surface area contributed by atoms with Gasteiger partial charge in [-0.1, -0.05) is 0 Å². The Balaban J connectivity index is 1.89. The summed E-state index contributed by atoms with van der Waals surface area (Å²) in [4.78, 5) is 25.1. The quantitative estimate of drug-likeness (QED) is 0.783. The number of hydrogen-bond donors (Lipinski definition) is 2. The maximum atomic E-state index is 11.8. The summed E-state index contributed by atoms with van der Waals surface area (Å²) >= 11 is 5.72. The highest BCUT2D eigenvalue weighted by Crippen LogP contribution is 2.48. The van der Waals surface area contributed by atoms with Crippen molar-refractivity contribution in [1.29, 1.82) is 0 Å². The fraction of sp³-hybridized carbons (Fsp3) is 0.500. The standard InChI is InChI=1S/C12H15ClN2O2/c13-6-5-12(3-4-12)8-15-11(17)9-1-2-10(16)14-7-9/h1-2,7H,3-6,8H2,(H,14,16)(H,15,17). The van der Waals surface area contributed by atoms with Gasteiger partial charge in [-0.2, -0.15) is 0 Å². The van der Waals surface area contributed by atoms with Gasteiger partial charge < -0.3 is 10.3 Å². The number of rotatable bonds is 5. The highest BCUT2D eigenvalue weighted by atomic mass is 35.5. The number of carbonyl (C=O) groups is 1. The Hall–Kier alpha value is -1.29. The zero-order valence-corrected chi connectivity index (χ0v) is 10.2. The van der Waals surface area contributed by atoms with Crippen LogP contribution in [0.1, 0.15) is 29.6 Å². The number of carbonyl (C=O) groups excluding carboxylic acids is 1. The smallest absolute Gasteiger partial charge is 0.252 e. The second-order valence-electron chi connectivity index (χ2n) is 4.56. The molecular weight excluding hydrogens is 240 g/mol. The molecule has 4 nitrogen and oxygen atoms in total. The number of hydrogen-bond acceptors (Lipinski definition) is 2. The summed E-state index contributed by atoms with van der Waals surface area (Å²) in [7, 11) is 0. The van der Waals surface area contributed by atoms with E-state index in [2.05, 4.69) is 10.3 Å². The number of aromatic amines is 1. The first-order valence-electron chi connectivity index (χ1n) is 5.68. The van der Waals surface area contributed by atoms with Gasteiger partial charge in [0.15, 0.2) is 0 Å². The number of pyridine rings is 1. The van der Waals surface area contributed by atoms with Crippen molar-refractivity contribution in [3.05, 3.63) is 34.2 Å². The van der Waals surface area contributed by atoms with Crippen LogP contribution >= 0.6 is 11.6 Å². The third-order valence-corrected chi connectivity index (χ3v) is 3.44. The van der Waals surface area contributed by atoms with Gasteiger partial charge in [-0.05, 0) is 30.7 Å². The molecule has 0 aliphatic heterocycles. The first-order chi connectivity index (χ1) is 8.15. The van der Waals surface area contributed by atoms with Crippen molar-refractivity contribution in [2.45, 2.75) is 19.3 Å². The molecule has 0 aromatic carbocycles. The Kier molecular flexibility index (Phi) is 3.52. The predicted molar refractivity (Wildman–Crippen MR) is 66.4 cm³/mol. The van der Waals surface area contributed by atoms with Crippen molar-refractivity contribution >= 4 is 17.5 Å². The summed E-state index contributed by atoms with van der Waals surface area (Å²) in [6, 6.07) is 2.87. The third kappa shape index (κ3) is 3.09. The maximum absolute atomic E-state index is 11.8. The summed E-state index contributed by atoms with van der Waals surface area (Å²) in [5, 5.41) is 2.89. The lowest BCUT2D eigenvalue weighted by molar-refractivity contribution is 0.0944. The number of nitrogens with one attached hydrogen (secondary N) is 2. The van der Waals surface area contributed by atoms with E-state index >= 15 is 0 Å². The van der Waals surface area contributed by atoms with Crippen LogP contribution in [0, 0.1) is 5.41 Å². The van der Waals surface area contributed by atoms with Gasteiger partial charge in [-0.25, -0.2) is 0 Å². The Morgan fingerprint density at radius 1 is 1.47 bits per heavy atom. The average Bonchev–Trinajstić information content (AvgIpc) is 3.08. The monoisotopic (exact) mass is 254 g/mol. The molecule has 2 N–H and O–H groups in total. The molecule has 0 unspecified atom stereocenters. The lowest BCUT2D eigenvalue weighted by atomic mass is 10.0. The van der Waals surface area contributed by atoms with E-state index < -0.39 is 0 Å². The van der Waals surface area contributed by atoms with Gasteiger partial charge in [0.05, 0.1) is 5.56 Å². The van der Waals surface area contributed by atoms with Crippen LogP contribution in [0.5, 0.6) is 0 Å². The predicted octanol–water partition coefficient (Wildman–Crippen LogP) is 1.51. The topological polar surface area (TPSA) is 62.0 Å². The normalized spacial score (nSPS) is 16.5. The van der Waals surface area contributed by atoms with Crippen molar-refractivity contribution in [2.75, 3.05) is 12.4 Å². The van der Waals surface area contributed by atoms with E-state index in [0.29, 0.717) is 18.0 Å². The Morgan fingerprint density at radius 2 is 2.24 bits per heavy atom. The summed E-state index contributed by atoms with van der Waals surface area (Å²) in [6.45, 7) is 0.664. The molecule has 5 heteroatoms. The molecule has 0 radical (unpaired) electrons. The number of halogens is 1. The molecule has 1 aliphatic rings. The molecule has 0 bridgehead atoms. The Labute approximate surface area is 104 Å². The van der Waals surface area contributed by atoms with Crippen LogP contribution in [0.2, 0.25) is 0 Å². The zero-order valence-electron chi connectivity index (χ0n) is 9.46. The molecule has 1 aromatic heterocycles. The molecule has 0 saturated heterocycles. The summed E-state index contributed by atoms with van der Waals surface area (Å²) in [6.07, 6.45) is 4.64. The number of H-pyrrole nitrogens is 1. The SMILES string of the molecule is O=C(NCC1(CCCl)CC1)c1ccc(=O)[nH]c1. The van der Waals surface area contributed by atoms with Crippen LogP contribution in [-0.4, -0.2) is 23.3 Å². The molecule has 2 rings (SSSR count). The van der Waals surface area contributed by atoms with Gasteiger partial charge in [0.2, 0.25) is 5.56 Å². The summed E-state index contributed by atoms with van der Waals surface area (Å²) in [5.74, 6) is 0.483. The first kappa shape index (κ1) is 12.2. The van der Waals surface area contributed by atoms with Crippen molar-refractivity contribution in [2.24, 2.45) is 5.41 Å². The first-order valence-corrected chi connectivity index (χ1v) is 6.22. The summed E-state index contributed by atoms with van der Waals surface area (Å²) < 4.78 is 0. The second-order valence-corrected chi connectivity index (χ2v) is 4.94. The van der Waals surface area contributed by atoms with Crippen molar-refractivity contribution in [1.82, 2.24) is 10.3 Å². The molecule has 1 saturated carbocycles. The van der Waals surface area contributed by atoms with E-state index in [9.17, 15) is 9.59 Å². The molecule has 1 aliphatic carbocycles. The highest BCUT2D eigenvalue weighted by molar-refractivity contribution is 6.17. The van der Waals surface area contributed by atoms with Crippen LogP contribution in [0.25, 0.3) is 0 Å². The van der Waals surface area contributed by atoms with Crippen LogP contribution in [-0.2, 0) is 0 Å². The molecule has 1 heterocycles. The van der Waals surface area contributed by atoms with Crippen LogP contribution < -0.4 is 10.9 Å². The Bertz CT molecular complexity index is 445. The van der Waals surface area contributed by atoms with Gasteiger partial charge in [0.25, 0.3) is 5.91 Å². The molecule has 0 spiro atoms. The molecular formula is C12H15ClN2O2. The minimum Gasteiger partial charge on any atom is -0.351 e. The lowest BCUT2D eigenvalue weighted by Gasteiger charge is -2.14. The summed E-state index contributed by atoms with van der Waals surface area (Å²) in [5.41, 5.74) is 0.494. The molecule has 0 atom stereocenters. The molecule has 1 amide bonds. The van der Waals surface area contributed by atoms with Crippen molar-refractivity contribution in [3.63, 3.8) is 0 Å². The molecule has 92 valence electrons. The van der Waals surface area contributed by atoms with Gasteiger partial charge in [0, 0.05) is 24.7 Å². The number of amides is 1. The minimum absolute atomic E-state index is 0.151. The lowest BCUT2D eigenvalue weighted by Crippen LogP contribution is -2.30. The van der Waals surface area contributed by atoms with E-state index in [1.54, 1.807) is 0 Å². The van der Waals surface area contributed by atoms with Gasteiger partial charge in [0.1, 0.15) is 0 Å². The van der Waals surface area contributed by atoms with Crippen LogP contribution in [0.15, 0.2) is 23.1 Å². The second kappa shape index (κ2) is 4.92. The van der Waals surface area contributed by atoms with Gasteiger partial charge in [-0.15, -0.1) is 11.6 Å². The molecule has 1 fully saturated rings. The van der Waals surface area contributed by atoms with Crippen LogP contribution in [0.3, 0.4) is 0 Å².